The number of carbonyl (C=O) groups excluding carboxylic acids is 1. The molecule has 1 fully saturated rings. The molecule has 0 spiro atoms. The zero-order chi connectivity index (χ0) is 20.8. The Morgan fingerprint density at radius 3 is 2.70 bits per heavy atom. The summed E-state index contributed by atoms with van der Waals surface area (Å²) in [5.41, 5.74) is 4.08. The summed E-state index contributed by atoms with van der Waals surface area (Å²) in [6.07, 6.45) is 5.44. The molecule has 1 aliphatic heterocycles. The second kappa shape index (κ2) is 9.55. The third-order valence-electron chi connectivity index (χ3n) is 5.65. The smallest absolute Gasteiger partial charge is 0.227 e. The van der Waals surface area contributed by atoms with Crippen LogP contribution in [0.2, 0.25) is 0 Å². The monoisotopic (exact) mass is 401 g/mol. The van der Waals surface area contributed by atoms with Crippen LogP contribution in [0.4, 0.5) is 5.69 Å². The predicted molar refractivity (Wildman–Crippen MR) is 119 cm³/mol. The maximum absolute atomic E-state index is 13.0. The minimum absolute atomic E-state index is 0.0357. The molecular weight excluding hydrogens is 374 g/mol. The van der Waals surface area contributed by atoms with Crippen LogP contribution in [0.1, 0.15) is 18.4 Å². The van der Waals surface area contributed by atoms with E-state index in [-0.39, 0.29) is 11.8 Å². The lowest BCUT2D eigenvalue weighted by molar-refractivity contribution is -0.121. The number of amides is 1. The first-order chi connectivity index (χ1) is 14.7. The number of likely N-dealkylation sites (tertiary alicyclic amines) is 1. The van der Waals surface area contributed by atoms with Crippen molar-refractivity contribution in [3.63, 3.8) is 0 Å². The van der Waals surface area contributed by atoms with Crippen molar-refractivity contribution in [3.8, 4) is 16.9 Å². The standard InChI is InChI=1S/C25H27N3O2/c1-30-22-8-4-7-21(16-22)23-9-2-3-10-24(23)27-25(29)20-11-14-28(15-12-20)18-19-6-5-13-26-17-19/h2-10,13,16-17,20H,11-12,14-15,18H2,1H3,(H,27,29). The number of methoxy groups -OCH3 is 1. The van der Waals surface area contributed by atoms with E-state index in [0.29, 0.717) is 0 Å². The Hall–Kier alpha value is -3.18. The highest BCUT2D eigenvalue weighted by atomic mass is 16.5. The Morgan fingerprint density at radius 2 is 1.93 bits per heavy atom. The lowest BCUT2D eigenvalue weighted by Crippen LogP contribution is -2.37. The van der Waals surface area contributed by atoms with Crippen LogP contribution in [0.5, 0.6) is 5.75 Å². The predicted octanol–water partition coefficient (Wildman–Crippen LogP) is 4.61. The fraction of sp³-hybridized carbons (Fsp3) is 0.280. The molecule has 3 aromatic rings. The molecule has 0 unspecified atom stereocenters. The van der Waals surface area contributed by atoms with Gasteiger partial charge in [0, 0.05) is 36.1 Å². The van der Waals surface area contributed by atoms with Crippen molar-refractivity contribution >= 4 is 11.6 Å². The molecule has 30 heavy (non-hydrogen) atoms. The van der Waals surface area contributed by atoms with E-state index in [1.54, 1.807) is 13.3 Å². The van der Waals surface area contributed by atoms with Crippen LogP contribution < -0.4 is 10.1 Å². The van der Waals surface area contributed by atoms with Gasteiger partial charge in [0.05, 0.1) is 7.11 Å². The van der Waals surface area contributed by atoms with Gasteiger partial charge in [-0.2, -0.15) is 0 Å². The van der Waals surface area contributed by atoms with Crippen molar-refractivity contribution in [2.45, 2.75) is 19.4 Å². The van der Waals surface area contributed by atoms with Gasteiger partial charge in [-0.3, -0.25) is 14.7 Å². The highest BCUT2D eigenvalue weighted by Crippen LogP contribution is 2.31. The van der Waals surface area contributed by atoms with Gasteiger partial charge in [0.2, 0.25) is 5.91 Å². The number of nitrogens with zero attached hydrogens (tertiary/aromatic N) is 2. The number of pyridine rings is 1. The van der Waals surface area contributed by atoms with Gasteiger partial charge in [0.1, 0.15) is 5.75 Å². The first-order valence-electron chi connectivity index (χ1n) is 10.4. The molecule has 0 aliphatic carbocycles. The van der Waals surface area contributed by atoms with Gasteiger partial charge in [0.25, 0.3) is 0 Å². The van der Waals surface area contributed by atoms with E-state index >= 15 is 0 Å². The second-order valence-electron chi connectivity index (χ2n) is 7.68. The van der Waals surface area contributed by atoms with Crippen LogP contribution in [0, 0.1) is 5.92 Å². The quantitative estimate of drug-likeness (QED) is 0.655. The number of piperidine rings is 1. The molecule has 1 aromatic heterocycles. The zero-order valence-corrected chi connectivity index (χ0v) is 17.3. The van der Waals surface area contributed by atoms with E-state index in [2.05, 4.69) is 21.3 Å². The van der Waals surface area contributed by atoms with Gasteiger partial charge in [-0.05, 0) is 61.3 Å². The van der Waals surface area contributed by atoms with Gasteiger partial charge in [0.15, 0.2) is 0 Å². The van der Waals surface area contributed by atoms with Crippen LogP contribution in [-0.4, -0.2) is 36.0 Å². The largest absolute Gasteiger partial charge is 0.497 e. The number of carbonyl (C=O) groups is 1. The van der Waals surface area contributed by atoms with Crippen LogP contribution in [0.25, 0.3) is 11.1 Å². The molecule has 1 N–H and O–H groups in total. The minimum atomic E-state index is 0.0357. The number of hydrogen-bond acceptors (Lipinski definition) is 4. The Labute approximate surface area is 177 Å². The van der Waals surface area contributed by atoms with Gasteiger partial charge >= 0.3 is 0 Å². The second-order valence-corrected chi connectivity index (χ2v) is 7.68. The third-order valence-corrected chi connectivity index (χ3v) is 5.65. The first-order valence-corrected chi connectivity index (χ1v) is 10.4. The summed E-state index contributed by atoms with van der Waals surface area (Å²) in [6.45, 7) is 2.73. The number of rotatable bonds is 6. The Morgan fingerprint density at radius 1 is 1.10 bits per heavy atom. The van der Waals surface area contributed by atoms with Crippen molar-refractivity contribution in [1.82, 2.24) is 9.88 Å². The van der Waals surface area contributed by atoms with E-state index in [9.17, 15) is 4.79 Å². The Balaban J connectivity index is 1.39. The van der Waals surface area contributed by atoms with Crippen LogP contribution in [0.15, 0.2) is 73.1 Å². The molecule has 1 saturated heterocycles. The third kappa shape index (κ3) is 4.86. The highest BCUT2D eigenvalue weighted by Gasteiger charge is 2.25. The summed E-state index contributed by atoms with van der Waals surface area (Å²) >= 11 is 0. The number of para-hydroxylation sites is 1. The summed E-state index contributed by atoms with van der Waals surface area (Å²) in [7, 11) is 1.66. The van der Waals surface area contributed by atoms with Crippen LogP contribution >= 0.6 is 0 Å². The molecule has 154 valence electrons. The van der Waals surface area contributed by atoms with Crippen molar-refractivity contribution in [2.75, 3.05) is 25.5 Å². The van der Waals surface area contributed by atoms with Crippen molar-refractivity contribution in [1.29, 1.82) is 0 Å². The lowest BCUT2D eigenvalue weighted by Gasteiger charge is -2.31. The van der Waals surface area contributed by atoms with E-state index in [0.717, 1.165) is 55.0 Å². The SMILES string of the molecule is COc1cccc(-c2ccccc2NC(=O)C2CCN(Cc3cccnc3)CC2)c1. The van der Waals surface area contributed by atoms with Gasteiger partial charge in [-0.1, -0.05) is 36.4 Å². The number of ether oxygens (including phenoxy) is 1. The van der Waals surface area contributed by atoms with Crippen molar-refractivity contribution in [2.24, 2.45) is 5.92 Å². The molecule has 1 amide bonds. The van der Waals surface area contributed by atoms with Crippen molar-refractivity contribution < 1.29 is 9.53 Å². The van der Waals surface area contributed by atoms with E-state index in [1.165, 1.54) is 5.56 Å². The molecule has 0 atom stereocenters. The molecule has 4 rings (SSSR count). The fourth-order valence-corrected chi connectivity index (χ4v) is 3.97. The van der Waals surface area contributed by atoms with Gasteiger partial charge in [-0.25, -0.2) is 0 Å². The molecule has 2 heterocycles. The molecule has 1 aliphatic rings. The van der Waals surface area contributed by atoms with Gasteiger partial charge < -0.3 is 10.1 Å². The summed E-state index contributed by atoms with van der Waals surface area (Å²) < 4.78 is 5.35. The topological polar surface area (TPSA) is 54.5 Å². The van der Waals surface area contributed by atoms with Crippen LogP contribution in [-0.2, 0) is 11.3 Å². The number of nitrogens with one attached hydrogen (secondary N) is 1. The maximum Gasteiger partial charge on any atom is 0.227 e. The first kappa shape index (κ1) is 20.1. The molecule has 0 radical (unpaired) electrons. The number of anilines is 1. The van der Waals surface area contributed by atoms with Crippen molar-refractivity contribution in [3.05, 3.63) is 78.6 Å². The maximum atomic E-state index is 13.0. The van der Waals surface area contributed by atoms with E-state index in [4.69, 9.17) is 4.74 Å². The Bertz CT molecular complexity index is 982. The Kier molecular flexibility index (Phi) is 6.40. The molecule has 2 aromatic carbocycles. The fourth-order valence-electron chi connectivity index (χ4n) is 3.97. The number of hydrogen-bond donors (Lipinski definition) is 1. The van der Waals surface area contributed by atoms with E-state index < -0.39 is 0 Å². The zero-order valence-electron chi connectivity index (χ0n) is 17.3. The number of benzene rings is 2. The molecular formula is C25H27N3O2. The van der Waals surface area contributed by atoms with Gasteiger partial charge in [-0.15, -0.1) is 0 Å². The minimum Gasteiger partial charge on any atom is -0.497 e. The molecule has 5 nitrogen and oxygen atoms in total. The number of aromatic nitrogens is 1. The average molecular weight is 402 g/mol. The summed E-state index contributed by atoms with van der Waals surface area (Å²) in [4.78, 5) is 19.6. The average Bonchev–Trinajstić information content (AvgIpc) is 2.80. The van der Waals surface area contributed by atoms with E-state index in [1.807, 2.05) is 60.8 Å². The molecule has 0 bridgehead atoms. The van der Waals surface area contributed by atoms with Crippen LogP contribution in [0.3, 0.4) is 0 Å². The normalized spacial score (nSPS) is 15.0. The highest BCUT2D eigenvalue weighted by molar-refractivity contribution is 5.96. The summed E-state index contributed by atoms with van der Waals surface area (Å²) in [5.74, 6) is 0.939. The summed E-state index contributed by atoms with van der Waals surface area (Å²) in [5, 5.41) is 3.17. The molecule has 0 saturated carbocycles. The summed E-state index contributed by atoms with van der Waals surface area (Å²) in [6, 6.07) is 19.9. The lowest BCUT2D eigenvalue weighted by atomic mass is 9.95. The molecule has 5 heteroatoms.